The maximum Gasteiger partial charge on any atom is 0.408 e. The number of carbonyl (C=O) groups is 4. The number of unbranched alkanes of at least 4 members (excludes halogenated alkanes) is 2. The molecular weight excluding hydrogens is 472 g/mol. The van der Waals surface area contributed by atoms with Crippen molar-refractivity contribution in [2.24, 2.45) is 5.73 Å². The van der Waals surface area contributed by atoms with E-state index in [0.29, 0.717) is 12.1 Å². The predicted octanol–water partition coefficient (Wildman–Crippen LogP) is 3.75. The van der Waals surface area contributed by atoms with E-state index in [4.69, 9.17) is 10.5 Å². The zero-order valence-electron chi connectivity index (χ0n) is 23.0. The average Bonchev–Trinajstić information content (AvgIpc) is 2.78. The third-order valence-corrected chi connectivity index (χ3v) is 6.43. The predicted molar refractivity (Wildman–Crippen MR) is 143 cm³/mol. The second kappa shape index (κ2) is 14.0. The standard InChI is InChI=1S/C28H44N4O5/c1-6-8-9-17-30-25(34)24(20-15-13-19(7-2)14-16-20)32(21-11-10-12-21)26(35)22(18-23(29)33)31-27(36)37-28(3,4)5/h13-16,21-22,24H,6-12,17-18H2,1-5H3,(H2,29,33)(H,30,34)(H,31,36). The molecular formula is C28H44N4O5. The van der Waals surface area contributed by atoms with E-state index in [1.165, 1.54) is 0 Å². The van der Waals surface area contributed by atoms with Crippen LogP contribution in [0.3, 0.4) is 0 Å². The van der Waals surface area contributed by atoms with Gasteiger partial charge in [-0.1, -0.05) is 51.0 Å². The quantitative estimate of drug-likeness (QED) is 0.344. The first-order valence-electron chi connectivity index (χ1n) is 13.4. The molecule has 1 saturated carbocycles. The van der Waals surface area contributed by atoms with Crippen LogP contribution in [0.1, 0.15) is 96.7 Å². The lowest BCUT2D eigenvalue weighted by atomic mass is 9.87. The van der Waals surface area contributed by atoms with E-state index in [0.717, 1.165) is 50.5 Å². The van der Waals surface area contributed by atoms with Crippen molar-refractivity contribution in [1.82, 2.24) is 15.5 Å². The molecule has 0 spiro atoms. The van der Waals surface area contributed by atoms with E-state index >= 15 is 0 Å². The van der Waals surface area contributed by atoms with Crippen LogP contribution in [0.5, 0.6) is 0 Å². The summed E-state index contributed by atoms with van der Waals surface area (Å²) >= 11 is 0. The van der Waals surface area contributed by atoms with Crippen LogP contribution in [0.2, 0.25) is 0 Å². The van der Waals surface area contributed by atoms with Gasteiger partial charge in [0.15, 0.2) is 0 Å². The molecule has 9 nitrogen and oxygen atoms in total. The lowest BCUT2D eigenvalue weighted by Crippen LogP contribution is -2.58. The summed E-state index contributed by atoms with van der Waals surface area (Å²) in [7, 11) is 0. The second-order valence-corrected chi connectivity index (χ2v) is 10.7. The van der Waals surface area contributed by atoms with Crippen molar-refractivity contribution in [1.29, 1.82) is 0 Å². The smallest absolute Gasteiger partial charge is 0.408 e. The van der Waals surface area contributed by atoms with Crippen molar-refractivity contribution in [3.05, 3.63) is 35.4 Å². The lowest BCUT2D eigenvalue weighted by Gasteiger charge is -2.43. The highest BCUT2D eigenvalue weighted by Gasteiger charge is 2.42. The van der Waals surface area contributed by atoms with Crippen molar-refractivity contribution in [3.63, 3.8) is 0 Å². The van der Waals surface area contributed by atoms with Crippen LogP contribution in [0.4, 0.5) is 4.79 Å². The highest BCUT2D eigenvalue weighted by Crippen LogP contribution is 2.34. The van der Waals surface area contributed by atoms with Gasteiger partial charge in [0.25, 0.3) is 0 Å². The summed E-state index contributed by atoms with van der Waals surface area (Å²) in [5.41, 5.74) is 6.45. The van der Waals surface area contributed by atoms with Crippen LogP contribution >= 0.6 is 0 Å². The molecule has 0 bridgehead atoms. The summed E-state index contributed by atoms with van der Waals surface area (Å²) in [5.74, 6) is -1.55. The Morgan fingerprint density at radius 1 is 1.08 bits per heavy atom. The minimum atomic E-state index is -1.25. The van der Waals surface area contributed by atoms with E-state index in [2.05, 4.69) is 17.6 Å². The van der Waals surface area contributed by atoms with Crippen molar-refractivity contribution >= 4 is 23.8 Å². The molecule has 2 unspecified atom stereocenters. The van der Waals surface area contributed by atoms with Gasteiger partial charge < -0.3 is 26.0 Å². The molecule has 2 rings (SSSR count). The Labute approximate surface area is 220 Å². The minimum Gasteiger partial charge on any atom is -0.444 e. The van der Waals surface area contributed by atoms with Crippen molar-refractivity contribution in [2.45, 2.75) is 110 Å². The van der Waals surface area contributed by atoms with Crippen LogP contribution < -0.4 is 16.4 Å². The van der Waals surface area contributed by atoms with Crippen LogP contribution in [0.15, 0.2) is 24.3 Å². The summed E-state index contributed by atoms with van der Waals surface area (Å²) in [6.07, 6.45) is 4.86. The zero-order chi connectivity index (χ0) is 27.6. The Kier molecular flexibility index (Phi) is 11.4. The van der Waals surface area contributed by atoms with Crippen molar-refractivity contribution in [3.8, 4) is 0 Å². The summed E-state index contributed by atoms with van der Waals surface area (Å²) < 4.78 is 5.32. The van der Waals surface area contributed by atoms with Gasteiger partial charge in [-0.2, -0.15) is 0 Å². The summed E-state index contributed by atoms with van der Waals surface area (Å²) in [4.78, 5) is 53.6. The van der Waals surface area contributed by atoms with E-state index in [-0.39, 0.29) is 11.9 Å². The molecule has 206 valence electrons. The second-order valence-electron chi connectivity index (χ2n) is 10.7. The molecule has 0 heterocycles. The molecule has 0 saturated heterocycles. The van der Waals surface area contributed by atoms with Gasteiger partial charge in [0.2, 0.25) is 17.7 Å². The monoisotopic (exact) mass is 516 g/mol. The fraction of sp³-hybridized carbons (Fsp3) is 0.643. The van der Waals surface area contributed by atoms with Crippen LogP contribution in [-0.2, 0) is 25.5 Å². The fourth-order valence-corrected chi connectivity index (χ4v) is 4.27. The molecule has 0 radical (unpaired) electrons. The van der Waals surface area contributed by atoms with Crippen LogP contribution in [-0.4, -0.2) is 52.9 Å². The number of nitrogens with zero attached hydrogens (tertiary/aromatic N) is 1. The first-order chi connectivity index (χ1) is 17.5. The molecule has 9 heteroatoms. The van der Waals surface area contributed by atoms with Crippen LogP contribution in [0, 0.1) is 0 Å². The molecule has 0 aliphatic heterocycles. The van der Waals surface area contributed by atoms with Crippen LogP contribution in [0.25, 0.3) is 0 Å². The van der Waals surface area contributed by atoms with Gasteiger partial charge >= 0.3 is 6.09 Å². The van der Waals surface area contributed by atoms with E-state index in [1.54, 1.807) is 25.7 Å². The van der Waals surface area contributed by atoms with Gasteiger partial charge in [-0.15, -0.1) is 0 Å². The first kappa shape index (κ1) is 30.1. The highest BCUT2D eigenvalue weighted by atomic mass is 16.6. The van der Waals surface area contributed by atoms with Gasteiger partial charge in [-0.3, -0.25) is 14.4 Å². The Morgan fingerprint density at radius 3 is 2.22 bits per heavy atom. The number of primary amides is 1. The lowest BCUT2D eigenvalue weighted by molar-refractivity contribution is -0.148. The molecule has 1 aliphatic rings. The normalized spacial score (nSPS) is 15.2. The first-order valence-corrected chi connectivity index (χ1v) is 13.4. The fourth-order valence-electron chi connectivity index (χ4n) is 4.27. The largest absolute Gasteiger partial charge is 0.444 e. The molecule has 0 aromatic heterocycles. The molecule has 1 aliphatic carbocycles. The third-order valence-electron chi connectivity index (χ3n) is 6.43. The van der Waals surface area contributed by atoms with Gasteiger partial charge in [-0.05, 0) is 64.0 Å². The molecule has 1 fully saturated rings. The number of nitrogens with one attached hydrogen (secondary N) is 2. The van der Waals surface area contributed by atoms with Gasteiger partial charge in [-0.25, -0.2) is 4.79 Å². The summed E-state index contributed by atoms with van der Waals surface area (Å²) in [5, 5.41) is 5.52. The molecule has 1 aromatic rings. The van der Waals surface area contributed by atoms with Gasteiger partial charge in [0.1, 0.15) is 17.7 Å². The number of benzene rings is 1. The number of hydrogen-bond donors (Lipinski definition) is 3. The molecule has 4 N–H and O–H groups in total. The summed E-state index contributed by atoms with van der Waals surface area (Å²) in [6.45, 7) is 9.76. The number of amides is 4. The van der Waals surface area contributed by atoms with E-state index in [1.807, 2.05) is 31.2 Å². The maximum absolute atomic E-state index is 14.0. The number of rotatable bonds is 13. The molecule has 37 heavy (non-hydrogen) atoms. The number of ether oxygens (including phenoxy) is 1. The number of alkyl carbamates (subject to hydrolysis) is 1. The Hall–Kier alpha value is -3.10. The van der Waals surface area contributed by atoms with E-state index in [9.17, 15) is 19.2 Å². The SMILES string of the molecule is CCCCCNC(=O)C(c1ccc(CC)cc1)N(C(=O)C(CC(N)=O)NC(=O)OC(C)(C)C)C1CCC1. The zero-order valence-corrected chi connectivity index (χ0v) is 23.0. The van der Waals surface area contributed by atoms with Crippen molar-refractivity contribution in [2.75, 3.05) is 6.54 Å². The molecule has 2 atom stereocenters. The Morgan fingerprint density at radius 2 is 1.73 bits per heavy atom. The molecule has 4 amide bonds. The Balaban J connectivity index is 2.44. The third kappa shape index (κ3) is 9.37. The number of nitrogens with two attached hydrogens (primary N) is 1. The van der Waals surface area contributed by atoms with Gasteiger partial charge in [0.05, 0.1) is 6.42 Å². The molecule has 1 aromatic carbocycles. The van der Waals surface area contributed by atoms with Gasteiger partial charge in [0, 0.05) is 12.6 Å². The number of carbonyl (C=O) groups excluding carboxylic acids is 4. The average molecular weight is 517 g/mol. The summed E-state index contributed by atoms with van der Waals surface area (Å²) in [6, 6.07) is 5.31. The highest BCUT2D eigenvalue weighted by molar-refractivity contribution is 5.94. The topological polar surface area (TPSA) is 131 Å². The Bertz CT molecular complexity index is 921. The van der Waals surface area contributed by atoms with E-state index < -0.39 is 42.0 Å². The van der Waals surface area contributed by atoms with Crippen molar-refractivity contribution < 1.29 is 23.9 Å². The number of hydrogen-bond acceptors (Lipinski definition) is 5. The maximum atomic E-state index is 14.0. The minimum absolute atomic E-state index is 0.194. The number of aryl methyl sites for hydroxylation is 1.